The third-order valence-corrected chi connectivity index (χ3v) is 3.04. The number of amides is 2. The van der Waals surface area contributed by atoms with E-state index in [9.17, 15) is 9.59 Å². The fourth-order valence-corrected chi connectivity index (χ4v) is 1.99. The van der Waals surface area contributed by atoms with E-state index >= 15 is 0 Å². The van der Waals surface area contributed by atoms with E-state index in [0.29, 0.717) is 18.2 Å². The summed E-state index contributed by atoms with van der Waals surface area (Å²) in [7, 11) is 0. The van der Waals surface area contributed by atoms with E-state index in [-0.39, 0.29) is 36.1 Å². The number of rotatable bonds is 7. The molecule has 2 amide bonds. The number of carbonyl (C=O) groups is 2. The summed E-state index contributed by atoms with van der Waals surface area (Å²) in [5.74, 6) is 0.469. The third-order valence-electron chi connectivity index (χ3n) is 3.04. The molecule has 0 fully saturated rings. The predicted molar refractivity (Wildman–Crippen MR) is 84.2 cm³/mol. The molecular formula is C16H27N3O3. The Hall–Kier alpha value is -1.85. The molecule has 0 saturated heterocycles. The van der Waals surface area contributed by atoms with Gasteiger partial charge in [0.05, 0.1) is 6.54 Å². The maximum absolute atomic E-state index is 12.3. The smallest absolute Gasteiger partial charge is 0.273 e. The molecule has 6 nitrogen and oxygen atoms in total. The van der Waals surface area contributed by atoms with Crippen molar-refractivity contribution in [1.82, 2.24) is 15.2 Å². The lowest BCUT2D eigenvalue weighted by molar-refractivity contribution is -0.134. The van der Waals surface area contributed by atoms with Crippen LogP contribution in [0.15, 0.2) is 10.7 Å². The number of oxazole rings is 1. The lowest BCUT2D eigenvalue weighted by Gasteiger charge is -2.26. The van der Waals surface area contributed by atoms with E-state index in [0.717, 1.165) is 0 Å². The maximum atomic E-state index is 12.3. The highest BCUT2D eigenvalue weighted by molar-refractivity contribution is 5.92. The molecule has 0 bridgehead atoms. The van der Waals surface area contributed by atoms with Crippen molar-refractivity contribution in [2.75, 3.05) is 0 Å². The maximum Gasteiger partial charge on any atom is 0.273 e. The van der Waals surface area contributed by atoms with Gasteiger partial charge in [-0.3, -0.25) is 9.59 Å². The Morgan fingerprint density at radius 3 is 2.36 bits per heavy atom. The fourth-order valence-electron chi connectivity index (χ4n) is 1.99. The molecule has 0 aliphatic carbocycles. The van der Waals surface area contributed by atoms with Gasteiger partial charge in [-0.05, 0) is 33.6 Å². The molecule has 22 heavy (non-hydrogen) atoms. The second-order valence-corrected chi connectivity index (χ2v) is 6.47. The normalized spacial score (nSPS) is 11.3. The van der Waals surface area contributed by atoms with Crippen LogP contribution in [-0.2, 0) is 11.3 Å². The fraction of sp³-hybridized carbons (Fsp3) is 0.688. The van der Waals surface area contributed by atoms with Gasteiger partial charge in [0.2, 0.25) is 11.8 Å². The number of aromatic nitrogens is 1. The first-order chi connectivity index (χ1) is 10.2. The molecular weight excluding hydrogens is 282 g/mol. The second-order valence-electron chi connectivity index (χ2n) is 6.47. The van der Waals surface area contributed by atoms with Crippen LogP contribution in [0.4, 0.5) is 0 Å². The van der Waals surface area contributed by atoms with Crippen molar-refractivity contribution in [1.29, 1.82) is 0 Å². The zero-order valence-corrected chi connectivity index (χ0v) is 14.3. The number of hydrogen-bond acceptors (Lipinski definition) is 4. The standard InChI is InChI=1S/C16H27N3O3/c1-10(2)7-15(20)19(12(5)6)8-14-18-13(9-22-14)16(21)17-11(3)4/h9-12H,7-8H2,1-6H3,(H,17,21). The molecule has 0 saturated carbocycles. The Labute approximate surface area is 132 Å². The molecule has 6 heteroatoms. The summed E-state index contributed by atoms with van der Waals surface area (Å²) < 4.78 is 5.34. The minimum atomic E-state index is -0.269. The van der Waals surface area contributed by atoms with E-state index < -0.39 is 0 Å². The van der Waals surface area contributed by atoms with Crippen molar-refractivity contribution in [3.63, 3.8) is 0 Å². The summed E-state index contributed by atoms with van der Waals surface area (Å²) in [5.41, 5.74) is 0.240. The van der Waals surface area contributed by atoms with Crippen LogP contribution in [0.2, 0.25) is 0 Å². The highest BCUT2D eigenvalue weighted by Gasteiger charge is 2.21. The molecule has 0 aliphatic rings. The zero-order valence-electron chi connectivity index (χ0n) is 14.3. The van der Waals surface area contributed by atoms with Crippen LogP contribution in [0.25, 0.3) is 0 Å². The Morgan fingerprint density at radius 2 is 1.86 bits per heavy atom. The minimum Gasteiger partial charge on any atom is -0.446 e. The molecule has 1 aromatic rings. The van der Waals surface area contributed by atoms with Crippen molar-refractivity contribution in [2.45, 2.75) is 66.6 Å². The van der Waals surface area contributed by atoms with Crippen LogP contribution in [-0.4, -0.2) is 33.8 Å². The number of carbonyl (C=O) groups excluding carboxylic acids is 2. The van der Waals surface area contributed by atoms with Gasteiger partial charge >= 0.3 is 0 Å². The van der Waals surface area contributed by atoms with Crippen molar-refractivity contribution in [2.24, 2.45) is 5.92 Å². The van der Waals surface area contributed by atoms with Crippen LogP contribution in [0.1, 0.15) is 64.3 Å². The van der Waals surface area contributed by atoms with Crippen LogP contribution < -0.4 is 5.32 Å². The van der Waals surface area contributed by atoms with E-state index in [1.165, 1.54) is 6.26 Å². The topological polar surface area (TPSA) is 75.4 Å². The van der Waals surface area contributed by atoms with Gasteiger partial charge in [0.1, 0.15) is 6.26 Å². The summed E-state index contributed by atoms with van der Waals surface area (Å²) in [6, 6.07) is 0.0820. The summed E-state index contributed by atoms with van der Waals surface area (Å²) in [6.07, 6.45) is 1.82. The lowest BCUT2D eigenvalue weighted by atomic mass is 10.1. The average Bonchev–Trinajstić information content (AvgIpc) is 2.82. The first kappa shape index (κ1) is 18.2. The highest BCUT2D eigenvalue weighted by Crippen LogP contribution is 2.13. The van der Waals surface area contributed by atoms with Crippen LogP contribution >= 0.6 is 0 Å². The molecule has 0 aromatic carbocycles. The van der Waals surface area contributed by atoms with E-state index in [2.05, 4.69) is 10.3 Å². The first-order valence-corrected chi connectivity index (χ1v) is 7.75. The van der Waals surface area contributed by atoms with Gasteiger partial charge in [-0.25, -0.2) is 4.98 Å². The number of nitrogens with one attached hydrogen (secondary N) is 1. The van der Waals surface area contributed by atoms with Crippen molar-refractivity contribution >= 4 is 11.8 Å². The van der Waals surface area contributed by atoms with Crippen LogP contribution in [0.3, 0.4) is 0 Å². The Morgan fingerprint density at radius 1 is 1.23 bits per heavy atom. The quantitative estimate of drug-likeness (QED) is 0.840. The second kappa shape index (κ2) is 7.96. The zero-order chi connectivity index (χ0) is 16.9. The molecule has 0 radical (unpaired) electrons. The van der Waals surface area contributed by atoms with E-state index in [1.807, 2.05) is 41.5 Å². The molecule has 1 aromatic heterocycles. The molecule has 0 aliphatic heterocycles. The molecule has 0 spiro atoms. The van der Waals surface area contributed by atoms with Crippen molar-refractivity contribution < 1.29 is 14.0 Å². The van der Waals surface area contributed by atoms with Crippen molar-refractivity contribution in [3.8, 4) is 0 Å². The SMILES string of the molecule is CC(C)CC(=O)N(Cc1nc(C(=O)NC(C)C)co1)C(C)C. The monoisotopic (exact) mass is 309 g/mol. The lowest BCUT2D eigenvalue weighted by Crippen LogP contribution is -2.37. The number of nitrogens with zero attached hydrogens (tertiary/aromatic N) is 2. The Kier molecular flexibility index (Phi) is 6.59. The average molecular weight is 309 g/mol. The van der Waals surface area contributed by atoms with Gasteiger partial charge in [0, 0.05) is 18.5 Å². The van der Waals surface area contributed by atoms with Gasteiger partial charge in [0.25, 0.3) is 5.91 Å². The van der Waals surface area contributed by atoms with Crippen molar-refractivity contribution in [3.05, 3.63) is 17.8 Å². The number of hydrogen-bond donors (Lipinski definition) is 1. The first-order valence-electron chi connectivity index (χ1n) is 7.75. The van der Waals surface area contributed by atoms with Gasteiger partial charge in [0.15, 0.2) is 5.69 Å². The minimum absolute atomic E-state index is 0.0347. The molecule has 1 heterocycles. The summed E-state index contributed by atoms with van der Waals surface area (Å²) >= 11 is 0. The van der Waals surface area contributed by atoms with Gasteiger partial charge in [-0.15, -0.1) is 0 Å². The summed E-state index contributed by atoms with van der Waals surface area (Å²) in [6.45, 7) is 12.0. The highest BCUT2D eigenvalue weighted by atomic mass is 16.3. The van der Waals surface area contributed by atoms with E-state index in [1.54, 1.807) is 4.90 Å². The third kappa shape index (κ3) is 5.50. The molecule has 0 unspecified atom stereocenters. The van der Waals surface area contributed by atoms with Gasteiger partial charge in [-0.2, -0.15) is 0 Å². The summed E-state index contributed by atoms with van der Waals surface area (Å²) in [5, 5.41) is 2.76. The largest absolute Gasteiger partial charge is 0.446 e. The molecule has 0 atom stereocenters. The van der Waals surface area contributed by atoms with E-state index in [4.69, 9.17) is 4.42 Å². The van der Waals surface area contributed by atoms with Crippen LogP contribution in [0, 0.1) is 5.92 Å². The summed E-state index contributed by atoms with van der Waals surface area (Å²) in [4.78, 5) is 30.0. The molecule has 1 N–H and O–H groups in total. The molecule has 124 valence electrons. The van der Waals surface area contributed by atoms with Crippen LogP contribution in [0.5, 0.6) is 0 Å². The van der Waals surface area contributed by atoms with Gasteiger partial charge in [-0.1, -0.05) is 13.8 Å². The predicted octanol–water partition coefficient (Wildman–Crippen LogP) is 2.60. The Bertz CT molecular complexity index is 506. The Balaban J connectivity index is 2.77. The van der Waals surface area contributed by atoms with Gasteiger partial charge < -0.3 is 14.6 Å². The molecule has 1 rings (SSSR count).